The van der Waals surface area contributed by atoms with Crippen molar-refractivity contribution < 1.29 is 22.7 Å². The van der Waals surface area contributed by atoms with Crippen LogP contribution in [0.1, 0.15) is 139 Å². The molecule has 1 amide bonds. The van der Waals surface area contributed by atoms with E-state index in [1.807, 2.05) is 6.07 Å². The topological polar surface area (TPSA) is 92.8 Å². The molecular formula is C37H70N2O5S. The summed E-state index contributed by atoms with van der Waals surface area (Å²) in [6.45, 7) is 21.4. The van der Waals surface area contributed by atoms with Gasteiger partial charge in [0.25, 0.3) is 0 Å². The van der Waals surface area contributed by atoms with Gasteiger partial charge in [-0.25, -0.2) is 8.42 Å². The molecule has 0 bridgehead atoms. The van der Waals surface area contributed by atoms with Gasteiger partial charge in [-0.3, -0.25) is 4.79 Å². The van der Waals surface area contributed by atoms with Crippen LogP contribution in [0.3, 0.4) is 0 Å². The van der Waals surface area contributed by atoms with Crippen molar-refractivity contribution in [2.75, 3.05) is 42.4 Å². The van der Waals surface area contributed by atoms with Gasteiger partial charge in [0.2, 0.25) is 5.91 Å². The molecule has 0 spiro atoms. The number of hydrogen-bond acceptors (Lipinski definition) is 6. The number of amides is 1. The Morgan fingerprint density at radius 1 is 0.778 bits per heavy atom. The summed E-state index contributed by atoms with van der Waals surface area (Å²) in [7, 11) is -2.67. The molecule has 1 rings (SSSR count). The number of rotatable bonds is 21. The zero-order valence-corrected chi connectivity index (χ0v) is 31.8. The average Bonchev–Trinajstić information content (AvgIpc) is 2.96. The number of hydrogen-bond donors (Lipinski definition) is 1. The van der Waals surface area contributed by atoms with Gasteiger partial charge >= 0.3 is 0 Å². The third-order valence-corrected chi connectivity index (χ3v) is 7.68. The van der Waals surface area contributed by atoms with Crippen LogP contribution < -0.4 is 15.0 Å². The van der Waals surface area contributed by atoms with Crippen LogP contribution in [0.15, 0.2) is 18.2 Å². The molecule has 0 aromatic heterocycles. The molecule has 264 valence electrons. The Bertz CT molecular complexity index is 982. The van der Waals surface area contributed by atoms with Crippen molar-refractivity contribution in [2.24, 2.45) is 17.8 Å². The molecule has 8 heteroatoms. The van der Waals surface area contributed by atoms with Gasteiger partial charge in [-0.05, 0) is 76.5 Å². The standard InChI is InChI=1S/C32H58N2O2.C3H6O.C2H6O2S/c1-8-15-18-26(11-4)24-34(25-27(12-5)19-16-9-2)30-23-29(21-22-31(30)36-14-7)33-32(35)28(13-6)20-17-10-3;1-3(2)4;1-5(2,3)4/h21-23,26-28H,8-20,24-25H2,1-7H3,(H,33,35);1-2H3;1-2H3. The smallest absolute Gasteiger partial charge is 0.227 e. The third-order valence-electron chi connectivity index (χ3n) is 7.68. The van der Waals surface area contributed by atoms with Crippen LogP contribution in [0.5, 0.6) is 5.75 Å². The molecule has 1 aromatic carbocycles. The van der Waals surface area contributed by atoms with Crippen molar-refractivity contribution in [3.63, 3.8) is 0 Å². The minimum atomic E-state index is -2.67. The Hall–Kier alpha value is -2.09. The first kappa shape index (κ1) is 45.0. The monoisotopic (exact) mass is 655 g/mol. The van der Waals surface area contributed by atoms with E-state index in [9.17, 15) is 18.0 Å². The normalized spacial score (nSPS) is 12.9. The van der Waals surface area contributed by atoms with Crippen molar-refractivity contribution in [2.45, 2.75) is 139 Å². The molecule has 3 unspecified atom stereocenters. The Balaban J connectivity index is 0. The van der Waals surface area contributed by atoms with Gasteiger partial charge < -0.3 is 19.7 Å². The van der Waals surface area contributed by atoms with E-state index in [0.717, 1.165) is 68.4 Å². The molecular weight excluding hydrogens is 584 g/mol. The van der Waals surface area contributed by atoms with E-state index in [1.165, 1.54) is 65.2 Å². The fourth-order valence-electron chi connectivity index (χ4n) is 5.06. The number of ether oxygens (including phenoxy) is 1. The van der Waals surface area contributed by atoms with E-state index >= 15 is 0 Å². The molecule has 0 heterocycles. The van der Waals surface area contributed by atoms with Crippen molar-refractivity contribution >= 4 is 32.9 Å². The highest BCUT2D eigenvalue weighted by atomic mass is 32.2. The third kappa shape index (κ3) is 24.8. The van der Waals surface area contributed by atoms with Crippen molar-refractivity contribution in [3.8, 4) is 5.75 Å². The zero-order valence-electron chi connectivity index (χ0n) is 31.0. The molecule has 0 aliphatic heterocycles. The number of benzene rings is 1. The lowest BCUT2D eigenvalue weighted by molar-refractivity contribution is -0.120. The second kappa shape index (κ2) is 27.1. The van der Waals surface area contributed by atoms with E-state index in [-0.39, 0.29) is 17.6 Å². The number of nitrogens with zero attached hydrogens (tertiary/aromatic N) is 1. The quantitative estimate of drug-likeness (QED) is 0.142. The van der Waals surface area contributed by atoms with E-state index in [0.29, 0.717) is 18.4 Å². The van der Waals surface area contributed by atoms with E-state index in [4.69, 9.17) is 4.74 Å². The van der Waals surface area contributed by atoms with Gasteiger partial charge in [0.05, 0.1) is 12.3 Å². The summed E-state index contributed by atoms with van der Waals surface area (Å²) in [4.78, 5) is 25.1. The first-order valence-electron chi connectivity index (χ1n) is 17.6. The summed E-state index contributed by atoms with van der Waals surface area (Å²) in [5.41, 5.74) is 2.03. The zero-order chi connectivity index (χ0) is 34.8. The fraction of sp³-hybridized carbons (Fsp3) is 0.784. The van der Waals surface area contributed by atoms with E-state index in [2.05, 4.69) is 70.8 Å². The minimum Gasteiger partial charge on any atom is -0.492 e. The molecule has 0 saturated carbocycles. The first-order chi connectivity index (χ1) is 21.2. The highest BCUT2D eigenvalue weighted by Gasteiger charge is 2.22. The van der Waals surface area contributed by atoms with Crippen molar-refractivity contribution in [1.82, 2.24) is 0 Å². The Kier molecular flexibility index (Phi) is 27.1. The van der Waals surface area contributed by atoms with Crippen LogP contribution in [-0.2, 0) is 19.4 Å². The Morgan fingerprint density at radius 3 is 1.60 bits per heavy atom. The van der Waals surface area contributed by atoms with Gasteiger partial charge in [-0.2, -0.15) is 0 Å². The molecule has 0 fully saturated rings. The minimum absolute atomic E-state index is 0.0769. The number of anilines is 2. The lowest BCUT2D eigenvalue weighted by Gasteiger charge is -2.34. The number of nitrogens with one attached hydrogen (secondary N) is 1. The summed E-state index contributed by atoms with van der Waals surface area (Å²) >= 11 is 0. The van der Waals surface area contributed by atoms with Crippen LogP contribution >= 0.6 is 0 Å². The van der Waals surface area contributed by atoms with Gasteiger partial charge in [0.15, 0.2) is 0 Å². The average molecular weight is 655 g/mol. The number of carbonyl (C=O) groups excluding carboxylic acids is 2. The highest BCUT2D eigenvalue weighted by Crippen LogP contribution is 2.35. The molecule has 45 heavy (non-hydrogen) atoms. The Labute approximate surface area is 278 Å². The van der Waals surface area contributed by atoms with Gasteiger partial charge in [-0.15, -0.1) is 0 Å². The highest BCUT2D eigenvalue weighted by molar-refractivity contribution is 7.89. The first-order valence-corrected chi connectivity index (χ1v) is 19.9. The molecule has 3 atom stereocenters. The van der Waals surface area contributed by atoms with Crippen LogP contribution in [0.4, 0.5) is 11.4 Å². The summed E-state index contributed by atoms with van der Waals surface area (Å²) in [6.07, 6.45) is 16.4. The van der Waals surface area contributed by atoms with Crippen molar-refractivity contribution in [1.29, 1.82) is 0 Å². The molecule has 0 aliphatic carbocycles. The second-order valence-corrected chi connectivity index (χ2v) is 14.9. The lowest BCUT2D eigenvalue weighted by Crippen LogP contribution is -2.34. The predicted octanol–water partition coefficient (Wildman–Crippen LogP) is 9.74. The predicted molar refractivity (Wildman–Crippen MR) is 195 cm³/mol. The maximum Gasteiger partial charge on any atom is 0.227 e. The maximum absolute atomic E-state index is 13.1. The molecule has 0 radical (unpaired) electrons. The van der Waals surface area contributed by atoms with Gasteiger partial charge in [0, 0.05) is 37.2 Å². The number of ketones is 1. The van der Waals surface area contributed by atoms with Crippen LogP contribution in [0.2, 0.25) is 0 Å². The number of unbranched alkanes of at least 4 members (excludes halogenated alkanes) is 3. The summed E-state index contributed by atoms with van der Waals surface area (Å²) in [5, 5.41) is 3.25. The SMILES string of the molecule is CC(C)=O.CCCCC(CC)CN(CC(CC)CCCC)c1cc(NC(=O)C(CC)CCCC)ccc1OCC.CS(C)(=O)=O. The van der Waals surface area contributed by atoms with E-state index < -0.39 is 9.84 Å². The van der Waals surface area contributed by atoms with Crippen LogP contribution in [-0.4, -0.2) is 52.3 Å². The van der Waals surface area contributed by atoms with Crippen molar-refractivity contribution in [3.05, 3.63) is 18.2 Å². The molecule has 0 aliphatic rings. The molecule has 1 aromatic rings. The van der Waals surface area contributed by atoms with Crippen LogP contribution in [0.25, 0.3) is 0 Å². The molecule has 1 N–H and O–H groups in total. The van der Waals surface area contributed by atoms with Gasteiger partial charge in [-0.1, -0.05) is 92.9 Å². The number of Topliss-reactive ketones (excluding diaryl/α,β-unsaturated/α-hetero) is 1. The second-order valence-electron chi connectivity index (χ2n) is 12.6. The molecule has 0 saturated heterocycles. The summed E-state index contributed by atoms with van der Waals surface area (Å²) < 4.78 is 25.4. The lowest BCUT2D eigenvalue weighted by atomic mass is 9.95. The van der Waals surface area contributed by atoms with Crippen LogP contribution in [0, 0.1) is 17.8 Å². The Morgan fingerprint density at radius 2 is 1.22 bits per heavy atom. The van der Waals surface area contributed by atoms with Gasteiger partial charge in [0.1, 0.15) is 21.4 Å². The largest absolute Gasteiger partial charge is 0.492 e. The number of sulfone groups is 1. The summed E-state index contributed by atoms with van der Waals surface area (Å²) in [6, 6.07) is 6.25. The summed E-state index contributed by atoms with van der Waals surface area (Å²) in [5.74, 6) is 2.66. The fourth-order valence-corrected chi connectivity index (χ4v) is 5.06. The molecule has 7 nitrogen and oxygen atoms in total. The maximum atomic E-state index is 13.1. The van der Waals surface area contributed by atoms with E-state index in [1.54, 1.807) is 0 Å². The number of carbonyl (C=O) groups is 2.